The maximum atomic E-state index is 13.4. The molecule has 2 fully saturated rings. The van der Waals surface area contributed by atoms with Crippen molar-refractivity contribution in [3.05, 3.63) is 71.7 Å². The second-order valence-corrected chi connectivity index (χ2v) is 12.4. The van der Waals surface area contributed by atoms with Gasteiger partial charge >= 0.3 is 6.09 Å². The summed E-state index contributed by atoms with van der Waals surface area (Å²) in [5.41, 5.74) is 3.04. The SMILES string of the molecule is CC(C)(C)OC(=O)N[C@@H]1CCN(Cc2cn3c(C(=O)NCC(CC4CCCC4)c4ccccc4)cccc3n2)C1. The Hall–Kier alpha value is -3.39. The highest BCUT2D eigenvalue weighted by Crippen LogP contribution is 2.34. The van der Waals surface area contributed by atoms with Gasteiger partial charge in [0.25, 0.3) is 5.91 Å². The molecule has 1 aromatic carbocycles. The van der Waals surface area contributed by atoms with Crippen LogP contribution >= 0.6 is 0 Å². The Morgan fingerprint density at radius 2 is 1.82 bits per heavy atom. The molecule has 5 rings (SSSR count). The van der Waals surface area contributed by atoms with E-state index in [0.29, 0.717) is 24.7 Å². The molecule has 2 N–H and O–H groups in total. The molecule has 1 saturated carbocycles. The van der Waals surface area contributed by atoms with Crippen molar-refractivity contribution >= 4 is 17.6 Å². The maximum Gasteiger partial charge on any atom is 0.407 e. The lowest BCUT2D eigenvalue weighted by molar-refractivity contribution is 0.0505. The molecule has 214 valence electrons. The van der Waals surface area contributed by atoms with Crippen molar-refractivity contribution in [2.45, 2.75) is 83.4 Å². The Bertz CT molecular complexity index is 1290. The number of likely N-dealkylation sites (tertiary alicyclic amines) is 1. The minimum Gasteiger partial charge on any atom is -0.444 e. The number of hydrogen-bond donors (Lipinski definition) is 2. The van der Waals surface area contributed by atoms with E-state index in [1.807, 2.05) is 55.6 Å². The molecule has 1 aliphatic carbocycles. The highest BCUT2D eigenvalue weighted by molar-refractivity contribution is 5.93. The number of pyridine rings is 1. The van der Waals surface area contributed by atoms with E-state index >= 15 is 0 Å². The van der Waals surface area contributed by atoms with Crippen molar-refractivity contribution in [3.8, 4) is 0 Å². The first kappa shape index (κ1) is 28.1. The van der Waals surface area contributed by atoms with Crippen LogP contribution in [0.5, 0.6) is 0 Å². The van der Waals surface area contributed by atoms with E-state index in [1.54, 1.807) is 0 Å². The first-order valence-electron chi connectivity index (χ1n) is 14.8. The van der Waals surface area contributed by atoms with E-state index in [-0.39, 0.29) is 18.0 Å². The summed E-state index contributed by atoms with van der Waals surface area (Å²) in [4.78, 5) is 32.6. The summed E-state index contributed by atoms with van der Waals surface area (Å²) in [6, 6.07) is 16.3. The first-order valence-corrected chi connectivity index (χ1v) is 14.8. The number of nitrogens with zero attached hydrogens (tertiary/aromatic N) is 3. The Morgan fingerprint density at radius 1 is 1.05 bits per heavy atom. The minimum atomic E-state index is -0.513. The zero-order chi connectivity index (χ0) is 28.1. The molecule has 8 nitrogen and oxygen atoms in total. The third-order valence-electron chi connectivity index (χ3n) is 8.03. The van der Waals surface area contributed by atoms with Crippen molar-refractivity contribution in [1.29, 1.82) is 0 Å². The van der Waals surface area contributed by atoms with E-state index < -0.39 is 5.60 Å². The van der Waals surface area contributed by atoms with Gasteiger partial charge in [-0.1, -0.05) is 62.1 Å². The largest absolute Gasteiger partial charge is 0.444 e. The summed E-state index contributed by atoms with van der Waals surface area (Å²) >= 11 is 0. The summed E-state index contributed by atoms with van der Waals surface area (Å²) in [5.74, 6) is 0.971. The molecule has 40 heavy (non-hydrogen) atoms. The molecular weight excluding hydrogens is 502 g/mol. The zero-order valence-corrected chi connectivity index (χ0v) is 24.1. The summed E-state index contributed by atoms with van der Waals surface area (Å²) < 4.78 is 7.29. The van der Waals surface area contributed by atoms with E-state index in [0.717, 1.165) is 43.2 Å². The highest BCUT2D eigenvalue weighted by atomic mass is 16.6. The van der Waals surface area contributed by atoms with E-state index in [9.17, 15) is 9.59 Å². The number of rotatable bonds is 9. The minimum absolute atomic E-state index is 0.0509. The maximum absolute atomic E-state index is 13.4. The standard InChI is InChI=1S/C32H43N5O3/c1-32(2,3)40-31(39)35-26-16-17-36(20-26)21-27-22-37-28(14-9-15-29(37)34-27)30(38)33-19-25(18-23-10-7-8-11-23)24-12-5-4-6-13-24/h4-6,9,12-15,22-23,25-26H,7-8,10-11,16-21H2,1-3H3,(H,33,38)(H,35,39)/t25?,26-/m1/s1. The smallest absolute Gasteiger partial charge is 0.407 e. The number of hydrogen-bond acceptors (Lipinski definition) is 5. The van der Waals surface area contributed by atoms with Gasteiger partial charge in [0.05, 0.1) is 5.69 Å². The van der Waals surface area contributed by atoms with Crippen LogP contribution in [0, 0.1) is 5.92 Å². The van der Waals surface area contributed by atoms with Crippen molar-refractivity contribution < 1.29 is 14.3 Å². The van der Waals surface area contributed by atoms with Gasteiger partial charge < -0.3 is 15.4 Å². The van der Waals surface area contributed by atoms with E-state index in [1.165, 1.54) is 31.2 Å². The second kappa shape index (κ2) is 12.4. The molecule has 2 atom stereocenters. The van der Waals surface area contributed by atoms with Gasteiger partial charge in [-0.3, -0.25) is 14.1 Å². The van der Waals surface area contributed by atoms with Crippen LogP contribution in [0.2, 0.25) is 0 Å². The molecule has 2 amide bonds. The number of ether oxygens (including phenoxy) is 1. The molecule has 2 aromatic heterocycles. The average Bonchev–Trinajstić information content (AvgIpc) is 3.67. The molecule has 1 unspecified atom stereocenters. The predicted molar refractivity (Wildman–Crippen MR) is 156 cm³/mol. The molecule has 2 aliphatic rings. The van der Waals surface area contributed by atoms with Gasteiger partial charge in [0, 0.05) is 44.3 Å². The fourth-order valence-electron chi connectivity index (χ4n) is 6.14. The quantitative estimate of drug-likeness (QED) is 0.369. The third kappa shape index (κ3) is 7.42. The highest BCUT2D eigenvalue weighted by Gasteiger charge is 2.27. The summed E-state index contributed by atoms with van der Waals surface area (Å²) in [6.07, 6.45) is 8.80. The van der Waals surface area contributed by atoms with Gasteiger partial charge in [0.1, 0.15) is 16.9 Å². The van der Waals surface area contributed by atoms with Crippen molar-refractivity contribution in [1.82, 2.24) is 24.9 Å². The van der Waals surface area contributed by atoms with Crippen LogP contribution < -0.4 is 10.6 Å². The number of carbonyl (C=O) groups is 2. The Morgan fingerprint density at radius 3 is 2.58 bits per heavy atom. The number of benzene rings is 1. The van der Waals surface area contributed by atoms with Crippen LogP contribution in [0.4, 0.5) is 4.79 Å². The van der Waals surface area contributed by atoms with Crippen LogP contribution in [-0.4, -0.2) is 57.6 Å². The van der Waals surface area contributed by atoms with Gasteiger partial charge in [-0.25, -0.2) is 9.78 Å². The Balaban J connectivity index is 1.21. The molecular formula is C32H43N5O3. The van der Waals surface area contributed by atoms with Gasteiger partial charge in [-0.05, 0) is 57.2 Å². The van der Waals surface area contributed by atoms with Gasteiger partial charge in [-0.2, -0.15) is 0 Å². The van der Waals surface area contributed by atoms with E-state index in [4.69, 9.17) is 9.72 Å². The Kier molecular flexibility index (Phi) is 8.74. The van der Waals surface area contributed by atoms with Gasteiger partial charge in [0.15, 0.2) is 0 Å². The lowest BCUT2D eigenvalue weighted by atomic mass is 9.88. The Labute approximate surface area is 237 Å². The fourth-order valence-corrected chi connectivity index (χ4v) is 6.14. The van der Waals surface area contributed by atoms with Crippen LogP contribution in [0.1, 0.15) is 87.0 Å². The zero-order valence-electron chi connectivity index (χ0n) is 24.1. The molecule has 0 spiro atoms. The normalized spacial score (nSPS) is 19.1. The third-order valence-corrected chi connectivity index (χ3v) is 8.03. The van der Waals surface area contributed by atoms with Gasteiger partial charge in [-0.15, -0.1) is 0 Å². The lowest BCUT2D eigenvalue weighted by Gasteiger charge is -2.22. The van der Waals surface area contributed by atoms with Gasteiger partial charge in [0.2, 0.25) is 0 Å². The monoisotopic (exact) mass is 545 g/mol. The molecule has 1 aliphatic heterocycles. The number of imidazole rings is 1. The van der Waals surface area contributed by atoms with Crippen molar-refractivity contribution in [2.75, 3.05) is 19.6 Å². The average molecular weight is 546 g/mol. The number of fused-ring (bicyclic) bond motifs is 1. The number of alkyl carbamates (subject to hydrolysis) is 1. The van der Waals surface area contributed by atoms with Crippen LogP contribution in [0.25, 0.3) is 5.65 Å². The second-order valence-electron chi connectivity index (χ2n) is 12.4. The summed E-state index contributed by atoms with van der Waals surface area (Å²) in [7, 11) is 0. The fraction of sp³-hybridized carbons (Fsp3) is 0.531. The number of carbonyl (C=O) groups excluding carboxylic acids is 2. The van der Waals surface area contributed by atoms with Crippen LogP contribution in [-0.2, 0) is 11.3 Å². The first-order chi connectivity index (χ1) is 19.2. The lowest BCUT2D eigenvalue weighted by Crippen LogP contribution is -2.40. The van der Waals surface area contributed by atoms with Crippen molar-refractivity contribution in [2.24, 2.45) is 5.92 Å². The number of aromatic nitrogens is 2. The molecule has 8 heteroatoms. The van der Waals surface area contributed by atoms with Crippen molar-refractivity contribution in [3.63, 3.8) is 0 Å². The molecule has 3 heterocycles. The topological polar surface area (TPSA) is 88.0 Å². The molecule has 1 saturated heterocycles. The molecule has 3 aromatic rings. The predicted octanol–water partition coefficient (Wildman–Crippen LogP) is 5.53. The van der Waals surface area contributed by atoms with Crippen LogP contribution in [0.15, 0.2) is 54.7 Å². The number of amides is 2. The molecule has 0 radical (unpaired) electrons. The van der Waals surface area contributed by atoms with Crippen LogP contribution in [0.3, 0.4) is 0 Å². The summed E-state index contributed by atoms with van der Waals surface area (Å²) in [5, 5.41) is 6.21. The number of nitrogens with one attached hydrogen (secondary N) is 2. The summed E-state index contributed by atoms with van der Waals surface area (Å²) in [6.45, 7) is 8.48. The molecule has 0 bridgehead atoms. The van der Waals surface area contributed by atoms with E-state index in [2.05, 4.69) is 39.8 Å².